The van der Waals surface area contributed by atoms with Gasteiger partial charge in [-0.2, -0.15) is 0 Å². The van der Waals surface area contributed by atoms with Crippen LogP contribution in [0.25, 0.3) is 16.3 Å². The minimum absolute atomic E-state index is 0.137. The summed E-state index contributed by atoms with van der Waals surface area (Å²) in [4.78, 5) is 22.8. The Balaban J connectivity index is 1.59. The van der Waals surface area contributed by atoms with E-state index in [-0.39, 0.29) is 5.91 Å². The molecule has 0 unspecified atom stereocenters. The number of guanidine groups is 1. The summed E-state index contributed by atoms with van der Waals surface area (Å²) in [6, 6.07) is 5.97. The van der Waals surface area contributed by atoms with Gasteiger partial charge in [0.25, 0.3) is 5.91 Å². The number of aromatic nitrogens is 1. The fourth-order valence-corrected chi connectivity index (χ4v) is 3.26. The van der Waals surface area contributed by atoms with Crippen LogP contribution in [0.5, 0.6) is 0 Å². The number of thiazole rings is 1. The molecule has 1 aliphatic carbocycles. The molecule has 1 aromatic heterocycles. The van der Waals surface area contributed by atoms with E-state index in [0.29, 0.717) is 11.7 Å². The Kier molecular flexibility index (Phi) is 3.18. The molecule has 1 amide bonds. The summed E-state index contributed by atoms with van der Waals surface area (Å²) in [7, 11) is 1.98. The van der Waals surface area contributed by atoms with Crippen LogP contribution in [0.4, 0.5) is 0 Å². The van der Waals surface area contributed by atoms with Crippen LogP contribution in [0.1, 0.15) is 18.4 Å². The van der Waals surface area contributed by atoms with Gasteiger partial charge in [0.2, 0.25) is 5.96 Å². The van der Waals surface area contributed by atoms with E-state index < -0.39 is 0 Å². The van der Waals surface area contributed by atoms with E-state index in [1.54, 1.807) is 11.3 Å². The second-order valence-corrected chi connectivity index (χ2v) is 6.71. The third kappa shape index (κ3) is 2.62. The molecule has 5 nitrogen and oxygen atoms in total. The average molecular weight is 312 g/mol. The minimum atomic E-state index is -0.137. The second kappa shape index (κ2) is 5.21. The smallest absolute Gasteiger partial charge is 0.276 e. The second-order valence-electron chi connectivity index (χ2n) is 5.82. The van der Waals surface area contributed by atoms with Gasteiger partial charge in [-0.3, -0.25) is 10.1 Å². The van der Waals surface area contributed by atoms with Gasteiger partial charge >= 0.3 is 0 Å². The van der Waals surface area contributed by atoms with Crippen molar-refractivity contribution in [2.24, 2.45) is 10.9 Å². The first kappa shape index (κ1) is 13.5. The van der Waals surface area contributed by atoms with Gasteiger partial charge in [-0.05, 0) is 42.5 Å². The van der Waals surface area contributed by atoms with Gasteiger partial charge in [0.05, 0.1) is 15.7 Å². The van der Waals surface area contributed by atoms with Crippen molar-refractivity contribution in [2.45, 2.75) is 12.8 Å². The quantitative estimate of drug-likeness (QED) is 0.886. The molecule has 4 rings (SSSR count). The van der Waals surface area contributed by atoms with Crippen molar-refractivity contribution in [1.82, 2.24) is 15.2 Å². The predicted molar refractivity (Wildman–Crippen MR) is 88.5 cm³/mol. The lowest BCUT2D eigenvalue weighted by molar-refractivity contribution is -0.115. The van der Waals surface area contributed by atoms with Crippen molar-refractivity contribution in [2.75, 3.05) is 13.6 Å². The lowest BCUT2D eigenvalue weighted by atomic mass is 10.2. The monoisotopic (exact) mass is 312 g/mol. The summed E-state index contributed by atoms with van der Waals surface area (Å²) >= 11 is 1.59. The molecule has 0 atom stereocenters. The number of nitrogens with one attached hydrogen (secondary N) is 1. The molecule has 22 heavy (non-hydrogen) atoms. The van der Waals surface area contributed by atoms with E-state index in [4.69, 9.17) is 0 Å². The van der Waals surface area contributed by atoms with Crippen molar-refractivity contribution >= 4 is 39.5 Å². The normalized spacial score (nSPS) is 19.6. The highest BCUT2D eigenvalue weighted by Crippen LogP contribution is 2.29. The Morgan fingerprint density at radius 2 is 2.32 bits per heavy atom. The topological polar surface area (TPSA) is 57.6 Å². The standard InChI is InChI=1S/C16H16N4OS/c1-20(8-10-2-3-10)16-18-13(15(21)19-16)6-11-4-5-12-14(7-11)22-9-17-12/h4-7,9-10H,2-3,8H2,1H3,(H,18,19,21). The maximum absolute atomic E-state index is 12.1. The lowest BCUT2D eigenvalue weighted by Gasteiger charge is -2.17. The number of amides is 1. The van der Waals surface area contributed by atoms with Crippen LogP contribution in [-0.4, -0.2) is 35.3 Å². The van der Waals surface area contributed by atoms with Gasteiger partial charge < -0.3 is 4.90 Å². The summed E-state index contributed by atoms with van der Waals surface area (Å²) in [5.74, 6) is 1.27. The minimum Gasteiger partial charge on any atom is -0.345 e. The summed E-state index contributed by atoms with van der Waals surface area (Å²) in [5.41, 5.74) is 4.24. The van der Waals surface area contributed by atoms with E-state index >= 15 is 0 Å². The Labute approximate surface area is 132 Å². The Hall–Kier alpha value is -2.21. The van der Waals surface area contributed by atoms with Gasteiger partial charge in [0.1, 0.15) is 5.70 Å². The molecule has 0 spiro atoms. The Morgan fingerprint density at radius 1 is 1.45 bits per heavy atom. The van der Waals surface area contributed by atoms with Crippen LogP contribution in [0, 0.1) is 5.92 Å². The molecule has 1 aromatic carbocycles. The first-order valence-electron chi connectivity index (χ1n) is 7.35. The number of aliphatic imine (C=N–C) groups is 1. The molecule has 0 radical (unpaired) electrons. The van der Waals surface area contributed by atoms with E-state index in [9.17, 15) is 4.79 Å². The highest BCUT2D eigenvalue weighted by molar-refractivity contribution is 7.16. The van der Waals surface area contributed by atoms with Gasteiger partial charge in [-0.1, -0.05) is 6.07 Å². The molecule has 1 saturated carbocycles. The molecule has 2 aliphatic rings. The Bertz CT molecular complexity index is 803. The number of hydrogen-bond donors (Lipinski definition) is 1. The molecule has 6 heteroatoms. The molecular formula is C16H16N4OS. The van der Waals surface area contributed by atoms with Crippen LogP contribution in [0.15, 0.2) is 34.4 Å². The first-order chi connectivity index (χ1) is 10.7. The number of carbonyl (C=O) groups is 1. The summed E-state index contributed by atoms with van der Waals surface area (Å²) in [6.45, 7) is 0.958. The molecule has 1 aliphatic heterocycles. The van der Waals surface area contributed by atoms with E-state index in [1.165, 1.54) is 12.8 Å². The number of hydrogen-bond acceptors (Lipinski definition) is 5. The fraction of sp³-hybridized carbons (Fsp3) is 0.312. The molecule has 1 fully saturated rings. The number of fused-ring (bicyclic) bond motifs is 1. The lowest BCUT2D eigenvalue weighted by Crippen LogP contribution is -2.38. The Morgan fingerprint density at radius 3 is 3.14 bits per heavy atom. The molecule has 0 saturated heterocycles. The van der Waals surface area contributed by atoms with Crippen LogP contribution >= 0.6 is 11.3 Å². The van der Waals surface area contributed by atoms with Gasteiger partial charge in [0, 0.05) is 13.6 Å². The number of carbonyl (C=O) groups excluding carboxylic acids is 1. The van der Waals surface area contributed by atoms with Gasteiger partial charge in [-0.15, -0.1) is 11.3 Å². The molecule has 112 valence electrons. The number of benzene rings is 1. The number of nitrogens with zero attached hydrogens (tertiary/aromatic N) is 3. The molecule has 2 heterocycles. The zero-order valence-corrected chi connectivity index (χ0v) is 13.1. The largest absolute Gasteiger partial charge is 0.345 e. The zero-order valence-electron chi connectivity index (χ0n) is 12.2. The van der Waals surface area contributed by atoms with Crippen molar-refractivity contribution < 1.29 is 4.79 Å². The summed E-state index contributed by atoms with van der Waals surface area (Å²) in [6.07, 6.45) is 4.39. The third-order valence-corrected chi connectivity index (χ3v) is 4.73. The molecule has 1 N–H and O–H groups in total. The SMILES string of the molecule is CN(CC1CC1)C1=NC(=Cc2ccc3ncsc3c2)C(=O)N1. The van der Waals surface area contributed by atoms with Crippen molar-refractivity contribution in [1.29, 1.82) is 0 Å². The van der Waals surface area contributed by atoms with Gasteiger partial charge in [-0.25, -0.2) is 9.98 Å². The number of rotatable bonds is 3. The zero-order chi connectivity index (χ0) is 15.1. The van der Waals surface area contributed by atoms with Crippen molar-refractivity contribution in [3.63, 3.8) is 0 Å². The van der Waals surface area contributed by atoms with Crippen molar-refractivity contribution in [3.8, 4) is 0 Å². The van der Waals surface area contributed by atoms with Crippen molar-refractivity contribution in [3.05, 3.63) is 35.0 Å². The third-order valence-electron chi connectivity index (χ3n) is 3.93. The average Bonchev–Trinajstić information content (AvgIpc) is 3.06. The highest BCUT2D eigenvalue weighted by Gasteiger charge is 2.28. The van der Waals surface area contributed by atoms with E-state index in [0.717, 1.165) is 28.2 Å². The van der Waals surface area contributed by atoms with Crippen LogP contribution in [0.2, 0.25) is 0 Å². The summed E-state index contributed by atoms with van der Waals surface area (Å²) < 4.78 is 1.11. The van der Waals surface area contributed by atoms with E-state index in [1.807, 2.05) is 41.7 Å². The molecular weight excluding hydrogens is 296 g/mol. The van der Waals surface area contributed by atoms with Gasteiger partial charge in [0.15, 0.2) is 0 Å². The van der Waals surface area contributed by atoms with E-state index in [2.05, 4.69) is 15.3 Å². The van der Waals surface area contributed by atoms with Crippen LogP contribution < -0.4 is 5.32 Å². The maximum atomic E-state index is 12.1. The first-order valence-corrected chi connectivity index (χ1v) is 8.23. The summed E-state index contributed by atoms with van der Waals surface area (Å²) in [5, 5.41) is 2.85. The maximum Gasteiger partial charge on any atom is 0.276 e. The highest BCUT2D eigenvalue weighted by atomic mass is 32.1. The fourth-order valence-electron chi connectivity index (χ4n) is 2.53. The molecule has 2 aromatic rings. The predicted octanol–water partition coefficient (Wildman–Crippen LogP) is 2.46. The van der Waals surface area contributed by atoms with Crippen LogP contribution in [0.3, 0.4) is 0 Å². The van der Waals surface area contributed by atoms with Crippen LogP contribution in [-0.2, 0) is 4.79 Å². The molecule has 0 bridgehead atoms.